The van der Waals surface area contributed by atoms with Crippen LogP contribution < -0.4 is 0 Å². The summed E-state index contributed by atoms with van der Waals surface area (Å²) in [6.45, 7) is 5.44. The molecule has 5 heteroatoms. The van der Waals surface area contributed by atoms with Crippen LogP contribution in [0.1, 0.15) is 45.3 Å². The first-order valence-corrected chi connectivity index (χ1v) is 9.18. The lowest BCUT2D eigenvalue weighted by Crippen LogP contribution is -2.45. The summed E-state index contributed by atoms with van der Waals surface area (Å²) >= 11 is 0. The number of nitrogens with zero attached hydrogens (tertiary/aromatic N) is 3. The number of amides is 1. The molecule has 0 spiro atoms. The molecule has 27 heavy (non-hydrogen) atoms. The van der Waals surface area contributed by atoms with Crippen LogP contribution in [0.3, 0.4) is 0 Å². The van der Waals surface area contributed by atoms with Crippen molar-refractivity contribution in [3.63, 3.8) is 0 Å². The monoisotopic (exact) mass is 363 g/mol. The van der Waals surface area contributed by atoms with Crippen LogP contribution in [0, 0.1) is 19.7 Å². The molecular formula is C22H22FN3O. The van der Waals surface area contributed by atoms with Gasteiger partial charge in [-0.3, -0.25) is 9.48 Å². The first-order valence-electron chi connectivity index (χ1n) is 9.18. The van der Waals surface area contributed by atoms with Gasteiger partial charge in [0.05, 0.1) is 18.3 Å². The molecule has 3 aromatic rings. The van der Waals surface area contributed by atoms with Crippen LogP contribution in [0.25, 0.3) is 0 Å². The van der Waals surface area contributed by atoms with Gasteiger partial charge < -0.3 is 4.90 Å². The number of hydrogen-bond acceptors (Lipinski definition) is 2. The molecule has 0 aliphatic carbocycles. The van der Waals surface area contributed by atoms with Crippen LogP contribution in [-0.2, 0) is 6.54 Å². The Morgan fingerprint density at radius 1 is 1.11 bits per heavy atom. The zero-order valence-electron chi connectivity index (χ0n) is 15.5. The summed E-state index contributed by atoms with van der Waals surface area (Å²) in [5.74, 6) is -0.234. The number of likely N-dealkylation sites (tertiary alicyclic amines) is 1. The van der Waals surface area contributed by atoms with E-state index >= 15 is 0 Å². The molecule has 0 saturated carbocycles. The molecule has 1 aliphatic heterocycles. The van der Waals surface area contributed by atoms with Crippen molar-refractivity contribution >= 4 is 5.91 Å². The molecule has 2 heterocycles. The van der Waals surface area contributed by atoms with Crippen molar-refractivity contribution in [1.29, 1.82) is 0 Å². The van der Waals surface area contributed by atoms with Crippen molar-refractivity contribution < 1.29 is 9.18 Å². The summed E-state index contributed by atoms with van der Waals surface area (Å²) < 4.78 is 15.1. The summed E-state index contributed by atoms with van der Waals surface area (Å²) in [4.78, 5) is 14.7. The molecular weight excluding hydrogens is 341 g/mol. The van der Waals surface area contributed by atoms with Gasteiger partial charge in [-0.2, -0.15) is 5.10 Å². The lowest BCUT2D eigenvalue weighted by molar-refractivity contribution is 0.0460. The lowest BCUT2D eigenvalue weighted by atomic mass is 9.93. The van der Waals surface area contributed by atoms with Crippen LogP contribution in [0.4, 0.5) is 4.39 Å². The van der Waals surface area contributed by atoms with Gasteiger partial charge in [-0.1, -0.05) is 24.3 Å². The summed E-state index contributed by atoms with van der Waals surface area (Å²) in [7, 11) is 0. The first kappa shape index (κ1) is 17.5. The average molecular weight is 363 g/mol. The number of halogens is 1. The molecule has 1 atom stereocenters. The van der Waals surface area contributed by atoms with E-state index in [0.717, 1.165) is 35.5 Å². The maximum Gasteiger partial charge on any atom is 0.254 e. The van der Waals surface area contributed by atoms with Gasteiger partial charge in [0.1, 0.15) is 5.82 Å². The van der Waals surface area contributed by atoms with E-state index in [4.69, 9.17) is 0 Å². The molecule has 1 fully saturated rings. The van der Waals surface area contributed by atoms with Gasteiger partial charge in [-0.25, -0.2) is 4.39 Å². The molecule has 2 aromatic carbocycles. The standard InChI is InChI=1S/C22H22FN3O/c1-15-13-16(2)26(24-15)14-17-3-5-19(6-4-17)22(27)25-12-11-21(25)18-7-9-20(23)10-8-18/h3-10,13,21H,11-12,14H2,1-2H3. The summed E-state index contributed by atoms with van der Waals surface area (Å²) in [5.41, 5.74) is 4.90. The second kappa shape index (κ2) is 6.99. The van der Waals surface area contributed by atoms with Crippen LogP contribution in [0.15, 0.2) is 54.6 Å². The number of benzene rings is 2. The van der Waals surface area contributed by atoms with E-state index in [1.54, 1.807) is 12.1 Å². The minimum atomic E-state index is -0.255. The number of carbonyl (C=O) groups excluding carboxylic acids is 1. The van der Waals surface area contributed by atoms with Crippen LogP contribution in [0.5, 0.6) is 0 Å². The Bertz CT molecular complexity index is 960. The Hall–Kier alpha value is -2.95. The van der Waals surface area contributed by atoms with E-state index in [9.17, 15) is 9.18 Å². The van der Waals surface area contributed by atoms with Crippen molar-refractivity contribution in [3.05, 3.63) is 88.5 Å². The zero-order valence-corrected chi connectivity index (χ0v) is 15.5. The zero-order chi connectivity index (χ0) is 19.0. The van der Waals surface area contributed by atoms with Gasteiger partial charge in [0.2, 0.25) is 0 Å². The molecule has 1 aliphatic rings. The van der Waals surface area contributed by atoms with E-state index in [1.807, 2.05) is 47.7 Å². The molecule has 1 amide bonds. The van der Waals surface area contributed by atoms with Gasteiger partial charge in [0, 0.05) is 17.8 Å². The molecule has 0 radical (unpaired) electrons. The van der Waals surface area contributed by atoms with Crippen LogP contribution >= 0.6 is 0 Å². The number of rotatable bonds is 4. The topological polar surface area (TPSA) is 38.1 Å². The molecule has 0 N–H and O–H groups in total. The minimum absolute atomic E-state index is 0.0215. The number of hydrogen-bond donors (Lipinski definition) is 0. The fraction of sp³-hybridized carbons (Fsp3) is 0.273. The maximum atomic E-state index is 13.1. The predicted molar refractivity (Wildman–Crippen MR) is 102 cm³/mol. The Kier molecular flexibility index (Phi) is 4.52. The fourth-order valence-corrected chi connectivity index (χ4v) is 3.59. The molecule has 1 saturated heterocycles. The molecule has 4 nitrogen and oxygen atoms in total. The second-order valence-corrected chi connectivity index (χ2v) is 7.14. The van der Waals surface area contributed by atoms with Gasteiger partial charge in [0.25, 0.3) is 5.91 Å². The highest BCUT2D eigenvalue weighted by atomic mass is 19.1. The van der Waals surface area contributed by atoms with Crippen LogP contribution in [0.2, 0.25) is 0 Å². The largest absolute Gasteiger partial charge is 0.331 e. The predicted octanol–water partition coefficient (Wildman–Crippen LogP) is 4.27. The van der Waals surface area contributed by atoms with E-state index in [0.29, 0.717) is 12.1 Å². The smallest absolute Gasteiger partial charge is 0.254 e. The van der Waals surface area contributed by atoms with Crippen molar-refractivity contribution in [2.45, 2.75) is 32.9 Å². The minimum Gasteiger partial charge on any atom is -0.331 e. The van der Waals surface area contributed by atoms with Gasteiger partial charge >= 0.3 is 0 Å². The number of carbonyl (C=O) groups is 1. The highest BCUT2D eigenvalue weighted by Gasteiger charge is 2.33. The van der Waals surface area contributed by atoms with E-state index in [2.05, 4.69) is 11.2 Å². The fourth-order valence-electron chi connectivity index (χ4n) is 3.59. The average Bonchev–Trinajstić information content (AvgIpc) is 2.93. The highest BCUT2D eigenvalue weighted by Crippen LogP contribution is 2.34. The molecule has 138 valence electrons. The number of aromatic nitrogens is 2. The van der Waals surface area contributed by atoms with Crippen molar-refractivity contribution in [1.82, 2.24) is 14.7 Å². The van der Waals surface area contributed by atoms with Crippen molar-refractivity contribution in [3.8, 4) is 0 Å². The summed E-state index contributed by atoms with van der Waals surface area (Å²) in [5, 5.41) is 4.48. The third-order valence-corrected chi connectivity index (χ3v) is 5.17. The van der Waals surface area contributed by atoms with Crippen molar-refractivity contribution in [2.75, 3.05) is 6.54 Å². The molecule has 1 aromatic heterocycles. The van der Waals surface area contributed by atoms with Crippen LogP contribution in [-0.4, -0.2) is 27.1 Å². The molecule has 1 unspecified atom stereocenters. The van der Waals surface area contributed by atoms with Gasteiger partial charge in [-0.05, 0) is 61.7 Å². The maximum absolute atomic E-state index is 13.1. The normalized spacial score (nSPS) is 16.3. The Balaban J connectivity index is 1.46. The first-order chi connectivity index (χ1) is 13.0. The lowest BCUT2D eigenvalue weighted by Gasteiger charge is -2.41. The Morgan fingerprint density at radius 3 is 2.37 bits per heavy atom. The summed E-state index contributed by atoms with van der Waals surface area (Å²) in [6, 6.07) is 16.2. The second-order valence-electron chi connectivity index (χ2n) is 7.14. The van der Waals surface area contributed by atoms with Gasteiger partial charge in [0.15, 0.2) is 0 Å². The number of aryl methyl sites for hydroxylation is 2. The Morgan fingerprint density at radius 2 is 1.81 bits per heavy atom. The third kappa shape index (κ3) is 3.50. The molecule has 0 bridgehead atoms. The van der Waals surface area contributed by atoms with E-state index in [1.165, 1.54) is 12.1 Å². The van der Waals surface area contributed by atoms with Gasteiger partial charge in [-0.15, -0.1) is 0 Å². The SMILES string of the molecule is Cc1cc(C)n(Cc2ccc(C(=O)N3CCC3c3ccc(F)cc3)cc2)n1. The molecule has 4 rings (SSSR count). The highest BCUT2D eigenvalue weighted by molar-refractivity contribution is 5.95. The third-order valence-electron chi connectivity index (χ3n) is 5.17. The quantitative estimate of drug-likeness (QED) is 0.694. The van der Waals surface area contributed by atoms with E-state index in [-0.39, 0.29) is 17.8 Å². The summed E-state index contributed by atoms with van der Waals surface area (Å²) in [6.07, 6.45) is 0.910. The van der Waals surface area contributed by atoms with Crippen molar-refractivity contribution in [2.24, 2.45) is 0 Å². The van der Waals surface area contributed by atoms with E-state index < -0.39 is 0 Å². The Labute approximate surface area is 158 Å².